The van der Waals surface area contributed by atoms with Crippen LogP contribution in [0.15, 0.2) is 36.7 Å². The fraction of sp³-hybridized carbons (Fsp3) is 0.231. The Morgan fingerprint density at radius 2 is 1.63 bits per heavy atom. The van der Waals surface area contributed by atoms with Gasteiger partial charge >= 0.3 is 0 Å². The molecule has 0 fully saturated rings. The molecule has 4 N–H and O–H groups in total. The number of nitrogens with zero attached hydrogens (tertiary/aromatic N) is 2. The number of nitrogens with two attached hydrogens (primary N) is 2. The molecule has 0 unspecified atom stereocenters. The van der Waals surface area contributed by atoms with Crippen LogP contribution in [0, 0.1) is 0 Å². The van der Waals surface area contributed by atoms with E-state index in [1.54, 1.807) is 36.7 Å². The molecule has 0 radical (unpaired) electrons. The maximum absolute atomic E-state index is 5.51. The lowest BCUT2D eigenvalue weighted by Gasteiger charge is -2.07. The van der Waals surface area contributed by atoms with Gasteiger partial charge in [-0.05, 0) is 32.0 Å². The van der Waals surface area contributed by atoms with E-state index >= 15 is 0 Å². The Kier molecular flexibility index (Phi) is 5.89. The van der Waals surface area contributed by atoms with Gasteiger partial charge in [0.2, 0.25) is 5.88 Å². The zero-order valence-electron chi connectivity index (χ0n) is 10.9. The Balaban J connectivity index is 0.000000200. The zero-order valence-corrected chi connectivity index (χ0v) is 11.6. The van der Waals surface area contributed by atoms with E-state index in [4.69, 9.17) is 27.8 Å². The van der Waals surface area contributed by atoms with Crippen molar-refractivity contribution >= 4 is 23.0 Å². The van der Waals surface area contributed by atoms with Crippen molar-refractivity contribution in [2.24, 2.45) is 0 Å². The van der Waals surface area contributed by atoms with E-state index in [0.717, 1.165) is 0 Å². The molecule has 0 amide bonds. The monoisotopic (exact) mass is 280 g/mol. The Morgan fingerprint density at radius 3 is 2.05 bits per heavy atom. The van der Waals surface area contributed by atoms with Crippen molar-refractivity contribution < 1.29 is 4.74 Å². The zero-order chi connectivity index (χ0) is 14.3. The van der Waals surface area contributed by atoms with Crippen molar-refractivity contribution in [1.29, 1.82) is 0 Å². The highest BCUT2D eigenvalue weighted by Crippen LogP contribution is 2.11. The molecule has 5 nitrogen and oxygen atoms in total. The van der Waals surface area contributed by atoms with Crippen LogP contribution in [0.5, 0.6) is 5.88 Å². The Labute approximate surface area is 117 Å². The minimum atomic E-state index is 0.143. The van der Waals surface area contributed by atoms with E-state index in [1.165, 1.54) is 0 Å². The number of hydrogen-bond donors (Lipinski definition) is 2. The number of hydrogen-bond acceptors (Lipinski definition) is 5. The van der Waals surface area contributed by atoms with Gasteiger partial charge in [-0.25, -0.2) is 9.97 Å². The lowest BCUT2D eigenvalue weighted by Crippen LogP contribution is -2.06. The summed E-state index contributed by atoms with van der Waals surface area (Å²) in [5.41, 5.74) is 12.2. The maximum Gasteiger partial charge on any atom is 0.215 e. The van der Waals surface area contributed by atoms with Crippen molar-refractivity contribution in [1.82, 2.24) is 9.97 Å². The minimum Gasteiger partial charge on any atom is -0.475 e. The van der Waals surface area contributed by atoms with Crippen LogP contribution < -0.4 is 16.2 Å². The first-order chi connectivity index (χ1) is 8.97. The summed E-state index contributed by atoms with van der Waals surface area (Å²) < 4.78 is 5.30. The topological polar surface area (TPSA) is 87.0 Å². The molecule has 102 valence electrons. The third kappa shape index (κ3) is 6.47. The van der Waals surface area contributed by atoms with Gasteiger partial charge in [0.15, 0.2) is 0 Å². The van der Waals surface area contributed by atoms with Gasteiger partial charge in [-0.2, -0.15) is 0 Å². The van der Waals surface area contributed by atoms with Gasteiger partial charge in [0, 0.05) is 29.8 Å². The summed E-state index contributed by atoms with van der Waals surface area (Å²) in [5.74, 6) is 0.583. The van der Waals surface area contributed by atoms with E-state index in [-0.39, 0.29) is 6.10 Å². The van der Waals surface area contributed by atoms with E-state index < -0.39 is 0 Å². The van der Waals surface area contributed by atoms with Crippen LogP contribution in [-0.4, -0.2) is 16.1 Å². The first kappa shape index (κ1) is 15.0. The first-order valence-electron chi connectivity index (χ1n) is 5.72. The Bertz CT molecular complexity index is 502. The predicted molar refractivity (Wildman–Crippen MR) is 78.1 cm³/mol. The molecule has 2 heterocycles. The van der Waals surface area contributed by atoms with E-state index in [0.29, 0.717) is 22.4 Å². The molecule has 6 heteroatoms. The minimum absolute atomic E-state index is 0.143. The molecule has 0 aromatic carbocycles. The summed E-state index contributed by atoms with van der Waals surface area (Å²) in [5, 5.41) is 0.435. The molecular formula is C13H17ClN4O. The van der Waals surface area contributed by atoms with Crippen LogP contribution in [0.3, 0.4) is 0 Å². The van der Waals surface area contributed by atoms with Gasteiger partial charge in [0.25, 0.3) is 0 Å². The molecule has 0 saturated heterocycles. The molecule has 2 aromatic heterocycles. The lowest BCUT2D eigenvalue weighted by molar-refractivity contribution is 0.233. The number of aromatic nitrogens is 2. The first-order valence-corrected chi connectivity index (χ1v) is 6.10. The SMILES string of the molecule is CC(C)Oc1cc(N)ccn1.Nc1ccnc(Cl)c1. The van der Waals surface area contributed by atoms with Crippen molar-refractivity contribution in [3.05, 3.63) is 41.8 Å². The van der Waals surface area contributed by atoms with Gasteiger partial charge < -0.3 is 16.2 Å². The number of rotatable bonds is 2. The normalized spacial score (nSPS) is 9.68. The average Bonchev–Trinajstić information content (AvgIpc) is 2.28. The molecule has 0 atom stereocenters. The van der Waals surface area contributed by atoms with E-state index in [2.05, 4.69) is 9.97 Å². The third-order valence-electron chi connectivity index (χ3n) is 1.87. The smallest absolute Gasteiger partial charge is 0.215 e. The number of halogens is 1. The van der Waals surface area contributed by atoms with Crippen LogP contribution in [-0.2, 0) is 0 Å². The fourth-order valence-electron chi connectivity index (χ4n) is 1.15. The average molecular weight is 281 g/mol. The summed E-state index contributed by atoms with van der Waals surface area (Å²) in [7, 11) is 0. The maximum atomic E-state index is 5.51. The van der Waals surface area contributed by atoms with E-state index in [9.17, 15) is 0 Å². The molecule has 0 aliphatic rings. The van der Waals surface area contributed by atoms with Crippen molar-refractivity contribution in [3.63, 3.8) is 0 Å². The molecule has 0 saturated carbocycles. The summed E-state index contributed by atoms with van der Waals surface area (Å²) in [4.78, 5) is 7.70. The summed E-state index contributed by atoms with van der Waals surface area (Å²) >= 11 is 5.45. The highest BCUT2D eigenvalue weighted by atomic mass is 35.5. The predicted octanol–water partition coefficient (Wildman–Crippen LogP) is 2.77. The quantitative estimate of drug-likeness (QED) is 0.826. The molecular weight excluding hydrogens is 264 g/mol. The molecule has 0 aliphatic carbocycles. The third-order valence-corrected chi connectivity index (χ3v) is 2.07. The molecule has 0 spiro atoms. The summed E-state index contributed by atoms with van der Waals surface area (Å²) in [6.45, 7) is 3.90. The van der Waals surface area contributed by atoms with Gasteiger partial charge in [-0.3, -0.25) is 0 Å². The van der Waals surface area contributed by atoms with Gasteiger partial charge in [-0.15, -0.1) is 0 Å². The number of anilines is 2. The van der Waals surface area contributed by atoms with Crippen molar-refractivity contribution in [2.75, 3.05) is 11.5 Å². The molecule has 2 rings (SSSR count). The van der Waals surface area contributed by atoms with Crippen LogP contribution in [0.25, 0.3) is 0 Å². The van der Waals surface area contributed by atoms with Gasteiger partial charge in [-0.1, -0.05) is 11.6 Å². The second kappa shape index (κ2) is 7.43. The number of ether oxygens (including phenoxy) is 1. The standard InChI is InChI=1S/C8H12N2O.C5H5ClN2/c1-6(2)11-8-5-7(9)3-4-10-8;6-5-3-4(7)1-2-8-5/h3-6H,1-2H3,(H2,9,10);1-3H,(H2,7,8). The largest absolute Gasteiger partial charge is 0.475 e. The highest BCUT2D eigenvalue weighted by Gasteiger charge is 1.97. The van der Waals surface area contributed by atoms with Crippen LogP contribution in [0.2, 0.25) is 5.15 Å². The van der Waals surface area contributed by atoms with Crippen LogP contribution in [0.1, 0.15) is 13.8 Å². The van der Waals surface area contributed by atoms with Gasteiger partial charge in [0.05, 0.1) is 6.10 Å². The Morgan fingerprint density at radius 1 is 1.05 bits per heavy atom. The molecule has 0 aliphatic heterocycles. The lowest BCUT2D eigenvalue weighted by atomic mass is 10.4. The summed E-state index contributed by atoms with van der Waals surface area (Å²) in [6, 6.07) is 6.72. The molecule has 19 heavy (non-hydrogen) atoms. The Hall–Kier alpha value is -2.01. The van der Waals surface area contributed by atoms with Crippen LogP contribution >= 0.6 is 11.6 Å². The summed E-state index contributed by atoms with van der Waals surface area (Å²) in [6.07, 6.45) is 3.34. The second-order valence-corrected chi connectivity index (χ2v) is 4.39. The molecule has 2 aromatic rings. The van der Waals surface area contributed by atoms with Crippen molar-refractivity contribution in [3.8, 4) is 5.88 Å². The highest BCUT2D eigenvalue weighted by molar-refractivity contribution is 6.29. The van der Waals surface area contributed by atoms with Gasteiger partial charge in [0.1, 0.15) is 5.15 Å². The van der Waals surface area contributed by atoms with Crippen molar-refractivity contribution in [2.45, 2.75) is 20.0 Å². The van der Waals surface area contributed by atoms with Crippen LogP contribution in [0.4, 0.5) is 11.4 Å². The number of nitrogen functional groups attached to an aromatic ring is 2. The fourth-order valence-corrected chi connectivity index (χ4v) is 1.33. The number of pyridine rings is 2. The second-order valence-electron chi connectivity index (χ2n) is 4.01. The van der Waals surface area contributed by atoms with E-state index in [1.807, 2.05) is 13.8 Å². The molecule has 0 bridgehead atoms.